The van der Waals surface area contributed by atoms with E-state index in [1.54, 1.807) is 32.4 Å². The van der Waals surface area contributed by atoms with E-state index < -0.39 is 0 Å². The van der Waals surface area contributed by atoms with Gasteiger partial charge in [-0.2, -0.15) is 5.26 Å². The summed E-state index contributed by atoms with van der Waals surface area (Å²) in [7, 11) is 4.55. The lowest BCUT2D eigenvalue weighted by Crippen LogP contribution is -1.91. The highest BCUT2D eigenvalue weighted by Gasteiger charge is 2.03. The Hall–Kier alpha value is -2.48. The molecule has 0 saturated heterocycles. The first-order chi connectivity index (χ1) is 8.74. The zero-order valence-electron chi connectivity index (χ0n) is 10.5. The van der Waals surface area contributed by atoms with Gasteiger partial charge in [-0.25, -0.2) is 0 Å². The topological polar surface area (TPSA) is 63.8 Å². The second-order valence-electron chi connectivity index (χ2n) is 3.24. The highest BCUT2D eigenvalue weighted by Crippen LogP contribution is 2.28. The Balaban J connectivity index is 3.07. The van der Waals surface area contributed by atoms with E-state index in [9.17, 15) is 0 Å². The fourth-order valence-electron chi connectivity index (χ4n) is 1.33. The van der Waals surface area contributed by atoms with Crippen LogP contribution in [0.2, 0.25) is 0 Å². The number of rotatable bonds is 5. The van der Waals surface area contributed by atoms with E-state index in [0.717, 1.165) is 5.56 Å². The molecule has 1 rings (SSSR count). The maximum Gasteiger partial charge on any atom is 0.161 e. The van der Waals surface area contributed by atoms with Gasteiger partial charge in [-0.3, -0.25) is 0 Å². The van der Waals surface area contributed by atoms with Crippen molar-refractivity contribution in [2.75, 3.05) is 21.3 Å². The number of nitriles is 1. The minimum Gasteiger partial charge on any atom is -0.493 e. The number of benzene rings is 1. The van der Waals surface area contributed by atoms with Crippen LogP contribution < -0.4 is 9.47 Å². The van der Waals surface area contributed by atoms with Crippen molar-refractivity contribution >= 4 is 12.3 Å². The van der Waals surface area contributed by atoms with Gasteiger partial charge in [0.2, 0.25) is 0 Å². The molecule has 0 aliphatic rings. The minimum absolute atomic E-state index is 0.379. The van der Waals surface area contributed by atoms with Crippen molar-refractivity contribution in [2.24, 2.45) is 5.16 Å². The molecule has 0 aliphatic carbocycles. The molecule has 0 aliphatic heterocycles. The summed E-state index contributed by atoms with van der Waals surface area (Å²) in [6, 6.07) is 7.38. The SMILES string of the molecule is CON=C/C(C#N)=C/c1ccc(OC)c(OC)c1. The summed E-state index contributed by atoms with van der Waals surface area (Å²) < 4.78 is 10.3. The summed E-state index contributed by atoms with van der Waals surface area (Å²) in [4.78, 5) is 4.53. The number of hydrogen-bond donors (Lipinski definition) is 0. The van der Waals surface area contributed by atoms with E-state index in [-0.39, 0.29) is 0 Å². The smallest absolute Gasteiger partial charge is 0.161 e. The van der Waals surface area contributed by atoms with Crippen LogP contribution in [0.5, 0.6) is 11.5 Å². The van der Waals surface area contributed by atoms with E-state index in [2.05, 4.69) is 9.99 Å². The first-order valence-corrected chi connectivity index (χ1v) is 5.15. The van der Waals surface area contributed by atoms with Crippen molar-refractivity contribution in [3.05, 3.63) is 29.3 Å². The molecule has 0 bridgehead atoms. The summed E-state index contributed by atoms with van der Waals surface area (Å²) in [6.07, 6.45) is 3.02. The normalized spacial score (nSPS) is 11.1. The third-order valence-electron chi connectivity index (χ3n) is 2.16. The average Bonchev–Trinajstić information content (AvgIpc) is 2.43. The Morgan fingerprint density at radius 3 is 2.50 bits per heavy atom. The molecule has 0 amide bonds. The van der Waals surface area contributed by atoms with E-state index in [0.29, 0.717) is 17.1 Å². The van der Waals surface area contributed by atoms with Gasteiger partial charge in [0.05, 0.1) is 26.0 Å². The van der Waals surface area contributed by atoms with Crippen LogP contribution in [-0.2, 0) is 4.84 Å². The monoisotopic (exact) mass is 246 g/mol. The lowest BCUT2D eigenvalue weighted by molar-refractivity contribution is 0.215. The fourth-order valence-corrected chi connectivity index (χ4v) is 1.33. The fraction of sp³-hybridized carbons (Fsp3) is 0.231. The molecule has 0 unspecified atom stereocenters. The largest absolute Gasteiger partial charge is 0.493 e. The van der Waals surface area contributed by atoms with Gasteiger partial charge in [-0.1, -0.05) is 11.2 Å². The van der Waals surface area contributed by atoms with Crippen LogP contribution in [0.25, 0.3) is 6.08 Å². The standard InChI is InChI=1S/C13H14N2O3/c1-16-12-5-4-10(7-13(12)17-2)6-11(8-14)9-15-18-3/h4-7,9H,1-3H3/b11-6+,15-9?. The van der Waals surface area contributed by atoms with Gasteiger partial charge in [0.15, 0.2) is 11.5 Å². The van der Waals surface area contributed by atoms with Crippen LogP contribution >= 0.6 is 0 Å². The molecule has 1 aromatic rings. The number of allylic oxidation sites excluding steroid dienone is 1. The van der Waals surface area contributed by atoms with Gasteiger partial charge >= 0.3 is 0 Å². The molecule has 0 N–H and O–H groups in total. The molecule has 5 heteroatoms. The van der Waals surface area contributed by atoms with Crippen molar-refractivity contribution in [1.29, 1.82) is 5.26 Å². The summed E-state index contributed by atoms with van der Waals surface area (Å²) in [5.74, 6) is 1.24. The van der Waals surface area contributed by atoms with Crippen LogP contribution in [0.1, 0.15) is 5.56 Å². The van der Waals surface area contributed by atoms with Crippen molar-refractivity contribution in [3.63, 3.8) is 0 Å². The second kappa shape index (κ2) is 6.97. The Morgan fingerprint density at radius 1 is 1.22 bits per heavy atom. The lowest BCUT2D eigenvalue weighted by Gasteiger charge is -2.07. The number of nitrogens with zero attached hydrogens (tertiary/aromatic N) is 2. The van der Waals surface area contributed by atoms with Gasteiger partial charge in [-0.15, -0.1) is 0 Å². The van der Waals surface area contributed by atoms with Gasteiger partial charge in [0, 0.05) is 0 Å². The predicted molar refractivity (Wildman–Crippen MR) is 68.6 cm³/mol. The number of methoxy groups -OCH3 is 2. The summed E-state index contributed by atoms with van der Waals surface area (Å²) in [5, 5.41) is 12.5. The van der Waals surface area contributed by atoms with Gasteiger partial charge < -0.3 is 14.3 Å². The van der Waals surface area contributed by atoms with E-state index in [1.165, 1.54) is 13.3 Å². The zero-order valence-corrected chi connectivity index (χ0v) is 10.5. The van der Waals surface area contributed by atoms with E-state index >= 15 is 0 Å². The minimum atomic E-state index is 0.379. The van der Waals surface area contributed by atoms with Crippen LogP contribution in [0, 0.1) is 11.3 Å². The molecule has 0 heterocycles. The van der Waals surface area contributed by atoms with E-state index in [4.69, 9.17) is 14.7 Å². The van der Waals surface area contributed by atoms with Gasteiger partial charge in [0.25, 0.3) is 0 Å². The van der Waals surface area contributed by atoms with E-state index in [1.807, 2.05) is 12.1 Å². The Labute approximate surface area is 106 Å². The molecule has 0 spiro atoms. The van der Waals surface area contributed by atoms with Crippen molar-refractivity contribution in [2.45, 2.75) is 0 Å². The van der Waals surface area contributed by atoms with Crippen molar-refractivity contribution in [3.8, 4) is 17.6 Å². The maximum absolute atomic E-state index is 8.92. The lowest BCUT2D eigenvalue weighted by atomic mass is 10.1. The molecule has 94 valence electrons. The average molecular weight is 246 g/mol. The molecule has 0 saturated carbocycles. The van der Waals surface area contributed by atoms with Crippen LogP contribution in [-0.4, -0.2) is 27.5 Å². The Morgan fingerprint density at radius 2 is 1.94 bits per heavy atom. The molecule has 0 fully saturated rings. The third kappa shape index (κ3) is 3.52. The van der Waals surface area contributed by atoms with Crippen molar-refractivity contribution < 1.29 is 14.3 Å². The number of oxime groups is 1. The summed E-state index contributed by atoms with van der Waals surface area (Å²) >= 11 is 0. The summed E-state index contributed by atoms with van der Waals surface area (Å²) in [6.45, 7) is 0. The molecule has 5 nitrogen and oxygen atoms in total. The van der Waals surface area contributed by atoms with Crippen LogP contribution in [0.3, 0.4) is 0 Å². The van der Waals surface area contributed by atoms with Crippen molar-refractivity contribution in [1.82, 2.24) is 0 Å². The molecule has 0 atom stereocenters. The molecule has 18 heavy (non-hydrogen) atoms. The number of ether oxygens (including phenoxy) is 2. The first-order valence-electron chi connectivity index (χ1n) is 5.15. The molecule has 0 radical (unpaired) electrons. The van der Waals surface area contributed by atoms with Gasteiger partial charge in [0.1, 0.15) is 13.2 Å². The quantitative estimate of drug-likeness (QED) is 0.454. The zero-order chi connectivity index (χ0) is 13.4. The second-order valence-corrected chi connectivity index (χ2v) is 3.24. The maximum atomic E-state index is 8.92. The molecule has 0 aromatic heterocycles. The first kappa shape index (κ1) is 13.6. The van der Waals surface area contributed by atoms with Crippen LogP contribution in [0.4, 0.5) is 0 Å². The predicted octanol–water partition coefficient (Wildman–Crippen LogP) is 2.24. The number of hydrogen-bond acceptors (Lipinski definition) is 5. The van der Waals surface area contributed by atoms with Crippen LogP contribution in [0.15, 0.2) is 28.9 Å². The Bertz CT molecular complexity index is 501. The Kier molecular flexibility index (Phi) is 5.26. The molecule has 1 aromatic carbocycles. The van der Waals surface area contributed by atoms with Gasteiger partial charge in [-0.05, 0) is 23.8 Å². The molecular formula is C13H14N2O3. The third-order valence-corrected chi connectivity index (χ3v) is 2.16. The highest BCUT2D eigenvalue weighted by atomic mass is 16.6. The molecular weight excluding hydrogens is 232 g/mol. The highest BCUT2D eigenvalue weighted by molar-refractivity contribution is 5.90. The summed E-state index contributed by atoms with van der Waals surface area (Å²) in [5.41, 5.74) is 1.19.